The van der Waals surface area contributed by atoms with E-state index in [0.29, 0.717) is 17.0 Å². The van der Waals surface area contributed by atoms with Gasteiger partial charge in [0.15, 0.2) is 23.1 Å². The van der Waals surface area contributed by atoms with Crippen LogP contribution in [0.5, 0.6) is 0 Å². The van der Waals surface area contributed by atoms with Crippen LogP contribution in [0.4, 0.5) is 5.69 Å². The molecule has 248 valence electrons. The Morgan fingerprint density at radius 2 is 1.12 bits per heavy atom. The summed E-state index contributed by atoms with van der Waals surface area (Å²) in [6, 6.07) is 49.7. The number of hydrogen-bond donors (Lipinski definition) is 1. The molecule has 0 unspecified atom stereocenters. The van der Waals surface area contributed by atoms with Crippen molar-refractivity contribution in [2.75, 3.05) is 5.73 Å². The highest BCUT2D eigenvalue weighted by atomic mass is 16.3. The summed E-state index contributed by atoms with van der Waals surface area (Å²) in [6.45, 7) is 1.50. The van der Waals surface area contributed by atoms with Gasteiger partial charge in [0.1, 0.15) is 16.9 Å². The lowest BCUT2D eigenvalue weighted by molar-refractivity contribution is 0.0988. The maximum absolute atomic E-state index is 12.0. The highest BCUT2D eigenvalue weighted by Gasteiger charge is 2.27. The summed E-state index contributed by atoms with van der Waals surface area (Å²) in [5, 5.41) is 3.32. The Kier molecular flexibility index (Phi) is 7.37. The van der Waals surface area contributed by atoms with Gasteiger partial charge in [-0.15, -0.1) is 0 Å². The van der Waals surface area contributed by atoms with Gasteiger partial charge >= 0.3 is 0 Å². The standard InChI is InChI=1S/C23H13NO.C13H9NO.C10H8O2/c1-4-11-21-14(6-1)12-22(25-21)20-13-18-16-8-3-2-7-15(16)17-9-5-10-19(24-20)23(17)18;14-11-7-3-6-9-8-4-1-2-5-10(8)13(15)12(9)11;1-7(11)10-6-8-4-2-3-5-9(8)12-10/h1-13H;1-7H,14H2;2-6H,1H3. The fourth-order valence-corrected chi connectivity index (χ4v) is 7.17. The molecule has 2 aliphatic rings. The minimum atomic E-state index is -0.0359. The maximum atomic E-state index is 12.0. The van der Waals surface area contributed by atoms with Gasteiger partial charge in [-0.1, -0.05) is 109 Å². The molecule has 52 heavy (non-hydrogen) atoms. The van der Waals surface area contributed by atoms with Gasteiger partial charge in [-0.2, -0.15) is 0 Å². The number of furan rings is 2. The van der Waals surface area contributed by atoms with Crippen LogP contribution in [-0.4, -0.2) is 16.6 Å². The smallest absolute Gasteiger partial charge is 0.196 e. The van der Waals surface area contributed by atoms with E-state index in [-0.39, 0.29) is 11.6 Å². The number of para-hydroxylation sites is 2. The van der Waals surface area contributed by atoms with Crippen LogP contribution in [0.25, 0.3) is 77.7 Å². The van der Waals surface area contributed by atoms with Crippen LogP contribution in [0.2, 0.25) is 0 Å². The summed E-state index contributed by atoms with van der Waals surface area (Å²) in [5.41, 5.74) is 18.4. The molecule has 0 radical (unpaired) electrons. The number of nitrogens with zero attached hydrogens (tertiary/aromatic N) is 1. The Hall–Kier alpha value is -7.05. The molecule has 6 aromatic carbocycles. The molecule has 9 aromatic rings. The third-order valence-corrected chi connectivity index (χ3v) is 9.58. The van der Waals surface area contributed by atoms with Crippen LogP contribution < -0.4 is 5.73 Å². The molecule has 0 spiro atoms. The number of rotatable bonds is 2. The molecule has 0 aliphatic heterocycles. The van der Waals surface area contributed by atoms with Crippen LogP contribution in [-0.2, 0) is 0 Å². The first-order chi connectivity index (χ1) is 25.4. The molecular formula is C46H30N2O4. The second-order valence-corrected chi connectivity index (χ2v) is 12.8. The lowest BCUT2D eigenvalue weighted by Gasteiger charge is -2.04. The summed E-state index contributed by atoms with van der Waals surface area (Å²) < 4.78 is 11.3. The molecule has 2 aliphatic carbocycles. The zero-order valence-electron chi connectivity index (χ0n) is 28.1. The zero-order valence-corrected chi connectivity index (χ0v) is 28.1. The van der Waals surface area contributed by atoms with Gasteiger partial charge in [0, 0.05) is 34.3 Å². The molecule has 0 fully saturated rings. The topological polar surface area (TPSA) is 99.3 Å². The number of ketones is 2. The van der Waals surface area contributed by atoms with Gasteiger partial charge in [0.25, 0.3) is 0 Å². The average molecular weight is 675 g/mol. The monoisotopic (exact) mass is 674 g/mol. The number of pyridine rings is 1. The molecule has 2 N–H and O–H groups in total. The van der Waals surface area contributed by atoms with Crippen molar-refractivity contribution in [1.29, 1.82) is 0 Å². The van der Waals surface area contributed by atoms with E-state index in [1.165, 1.54) is 34.6 Å². The fraction of sp³-hybridized carbons (Fsp3) is 0.0217. The molecule has 3 aromatic heterocycles. The van der Waals surface area contributed by atoms with E-state index in [4.69, 9.17) is 19.6 Å². The largest absolute Gasteiger partial charge is 0.454 e. The number of hydrogen-bond acceptors (Lipinski definition) is 6. The van der Waals surface area contributed by atoms with Gasteiger partial charge in [0.2, 0.25) is 0 Å². The number of nitrogens with two attached hydrogens (primary N) is 1. The molecule has 6 nitrogen and oxygen atoms in total. The van der Waals surface area contributed by atoms with E-state index in [0.717, 1.165) is 55.6 Å². The van der Waals surface area contributed by atoms with Gasteiger partial charge < -0.3 is 14.6 Å². The summed E-state index contributed by atoms with van der Waals surface area (Å²) >= 11 is 0. The quantitative estimate of drug-likeness (QED) is 0.145. The molecule has 0 amide bonds. The van der Waals surface area contributed by atoms with Gasteiger partial charge in [-0.3, -0.25) is 9.59 Å². The molecular weight excluding hydrogens is 645 g/mol. The van der Waals surface area contributed by atoms with E-state index in [2.05, 4.69) is 60.7 Å². The number of fused-ring (bicyclic) bond motifs is 8. The third kappa shape index (κ3) is 5.17. The van der Waals surface area contributed by atoms with Crippen molar-refractivity contribution in [3.8, 4) is 44.8 Å². The highest BCUT2D eigenvalue weighted by molar-refractivity contribution is 6.24. The maximum Gasteiger partial charge on any atom is 0.196 e. The summed E-state index contributed by atoms with van der Waals surface area (Å²) in [7, 11) is 0. The minimum Gasteiger partial charge on any atom is -0.454 e. The Balaban J connectivity index is 0.000000114. The first-order valence-electron chi connectivity index (χ1n) is 17.0. The van der Waals surface area contributed by atoms with Crippen molar-refractivity contribution in [3.63, 3.8) is 0 Å². The predicted octanol–water partition coefficient (Wildman–Crippen LogP) is 11.4. The number of aromatic nitrogens is 1. The predicted molar refractivity (Wildman–Crippen MR) is 207 cm³/mol. The lowest BCUT2D eigenvalue weighted by atomic mass is 10.0. The highest BCUT2D eigenvalue weighted by Crippen LogP contribution is 2.48. The van der Waals surface area contributed by atoms with Gasteiger partial charge in [-0.05, 0) is 75.8 Å². The summed E-state index contributed by atoms with van der Waals surface area (Å²) in [4.78, 5) is 27.8. The second-order valence-electron chi connectivity index (χ2n) is 12.8. The molecule has 0 bridgehead atoms. The number of carbonyl (C=O) groups is 2. The lowest BCUT2D eigenvalue weighted by Crippen LogP contribution is -1.99. The molecule has 3 heterocycles. The number of carbonyl (C=O) groups excluding carboxylic acids is 2. The number of nitrogen functional groups attached to an aromatic ring is 1. The Bertz CT molecular complexity index is 2810. The SMILES string of the molecule is CC(=O)c1cc2ccccc2o1.Nc1cccc2c1C(=O)c1ccccc1-2.c1ccc2c(c1)-c1cccc3nc(-c4cc5ccccc5o4)cc-2c13. The summed E-state index contributed by atoms with van der Waals surface area (Å²) in [5.74, 6) is 1.25. The van der Waals surface area contributed by atoms with Crippen LogP contribution in [0.3, 0.4) is 0 Å². The molecule has 0 saturated heterocycles. The number of anilines is 1. The van der Waals surface area contributed by atoms with Crippen LogP contribution in [0.15, 0.2) is 160 Å². The van der Waals surface area contributed by atoms with E-state index in [1.54, 1.807) is 12.1 Å². The van der Waals surface area contributed by atoms with Crippen molar-refractivity contribution in [2.24, 2.45) is 0 Å². The van der Waals surface area contributed by atoms with Crippen molar-refractivity contribution in [1.82, 2.24) is 4.98 Å². The van der Waals surface area contributed by atoms with Crippen molar-refractivity contribution in [3.05, 3.63) is 169 Å². The Morgan fingerprint density at radius 3 is 1.81 bits per heavy atom. The first kappa shape index (κ1) is 31.0. The van der Waals surface area contributed by atoms with Crippen molar-refractivity contribution >= 4 is 50.1 Å². The van der Waals surface area contributed by atoms with Crippen LogP contribution in [0.1, 0.15) is 33.4 Å². The van der Waals surface area contributed by atoms with Crippen LogP contribution >= 0.6 is 0 Å². The fourth-order valence-electron chi connectivity index (χ4n) is 7.17. The Labute approximate surface area is 298 Å². The molecule has 0 atom stereocenters. The zero-order chi connectivity index (χ0) is 35.3. The summed E-state index contributed by atoms with van der Waals surface area (Å²) in [6.07, 6.45) is 0. The normalized spacial score (nSPS) is 11.8. The number of benzene rings is 6. The van der Waals surface area contributed by atoms with E-state index < -0.39 is 0 Å². The third-order valence-electron chi connectivity index (χ3n) is 9.58. The molecule has 6 heteroatoms. The van der Waals surface area contributed by atoms with Gasteiger partial charge in [-0.25, -0.2) is 4.98 Å². The molecule has 11 rings (SSSR count). The Morgan fingerprint density at radius 1 is 0.558 bits per heavy atom. The first-order valence-corrected chi connectivity index (χ1v) is 17.0. The average Bonchev–Trinajstić information content (AvgIpc) is 3.95. The van der Waals surface area contributed by atoms with E-state index in [9.17, 15) is 9.59 Å². The second kappa shape index (κ2) is 12.4. The van der Waals surface area contributed by atoms with Gasteiger partial charge in [0.05, 0.1) is 11.1 Å². The van der Waals surface area contributed by atoms with Crippen molar-refractivity contribution < 1.29 is 18.4 Å². The van der Waals surface area contributed by atoms with E-state index in [1.807, 2.05) is 78.9 Å². The van der Waals surface area contributed by atoms with Crippen LogP contribution in [0, 0.1) is 0 Å². The minimum absolute atomic E-state index is 0.0359. The molecule has 0 saturated carbocycles. The van der Waals surface area contributed by atoms with Crippen molar-refractivity contribution in [2.45, 2.75) is 6.92 Å². The van der Waals surface area contributed by atoms with E-state index >= 15 is 0 Å². The number of Topliss-reactive ketones (excluding diaryl/α,β-unsaturated/α-hetero) is 1.